The van der Waals surface area contributed by atoms with E-state index in [0.29, 0.717) is 18.4 Å². The lowest BCUT2D eigenvalue weighted by Gasteiger charge is -2.32. The highest BCUT2D eigenvalue weighted by Gasteiger charge is 2.20. The summed E-state index contributed by atoms with van der Waals surface area (Å²) in [6.07, 6.45) is 3.59. The van der Waals surface area contributed by atoms with Crippen LogP contribution in [0.3, 0.4) is 0 Å². The average molecular weight is 266 g/mol. The number of halogens is 1. The van der Waals surface area contributed by atoms with Gasteiger partial charge in [-0.25, -0.2) is 4.39 Å². The summed E-state index contributed by atoms with van der Waals surface area (Å²) in [4.78, 5) is 2.29. The van der Waals surface area contributed by atoms with Crippen LogP contribution in [0.25, 0.3) is 0 Å². The van der Waals surface area contributed by atoms with Crippen LogP contribution in [0.2, 0.25) is 0 Å². The first-order valence-corrected chi connectivity index (χ1v) is 6.96. The number of piperidine rings is 1. The maximum absolute atomic E-state index is 13.9. The predicted molar refractivity (Wildman–Crippen MR) is 74.8 cm³/mol. The molecule has 0 amide bonds. The molecule has 0 aromatic heterocycles. The molecule has 1 saturated heterocycles. The van der Waals surface area contributed by atoms with Gasteiger partial charge in [0.1, 0.15) is 6.61 Å². The highest BCUT2D eigenvalue weighted by atomic mass is 19.1. The lowest BCUT2D eigenvalue weighted by molar-refractivity contribution is 0.123. The first-order chi connectivity index (χ1) is 9.08. The molecular formula is C15H23FN2O. The van der Waals surface area contributed by atoms with E-state index in [4.69, 9.17) is 10.5 Å². The van der Waals surface area contributed by atoms with Gasteiger partial charge in [-0.3, -0.25) is 0 Å². The molecule has 2 N–H and O–H groups in total. The quantitative estimate of drug-likeness (QED) is 0.910. The molecule has 0 bridgehead atoms. The minimum atomic E-state index is -0.326. The van der Waals surface area contributed by atoms with Crippen molar-refractivity contribution in [1.29, 1.82) is 0 Å². The molecule has 2 rings (SSSR count). The van der Waals surface area contributed by atoms with E-state index in [0.717, 1.165) is 18.5 Å². The fraction of sp³-hybridized carbons (Fsp3) is 0.600. The Hall–Kier alpha value is -1.13. The maximum Gasteiger partial charge on any atom is 0.165 e. The van der Waals surface area contributed by atoms with Crippen molar-refractivity contribution in [3.63, 3.8) is 0 Å². The summed E-state index contributed by atoms with van der Waals surface area (Å²) in [5, 5.41) is 0. The second kappa shape index (κ2) is 6.35. The SMILES string of the molecule is C[C@@H](N)c1ccc(OCC2CCCCN2C)c(F)c1. The zero-order chi connectivity index (χ0) is 13.8. The normalized spacial score (nSPS) is 22.2. The standard InChI is InChI=1S/C15H23FN2O/c1-11(17)12-6-7-15(14(16)9-12)19-10-13-5-3-4-8-18(13)2/h6-7,9,11,13H,3-5,8,10,17H2,1-2H3/t11-,13?/m1/s1. The van der Waals surface area contributed by atoms with Gasteiger partial charge >= 0.3 is 0 Å². The van der Waals surface area contributed by atoms with E-state index in [1.54, 1.807) is 6.07 Å². The largest absolute Gasteiger partial charge is 0.489 e. The number of rotatable bonds is 4. The van der Waals surface area contributed by atoms with Gasteiger partial charge < -0.3 is 15.4 Å². The van der Waals surface area contributed by atoms with E-state index in [1.807, 2.05) is 13.0 Å². The number of benzene rings is 1. The van der Waals surface area contributed by atoms with Crippen molar-refractivity contribution in [2.45, 2.75) is 38.3 Å². The number of nitrogens with zero attached hydrogens (tertiary/aromatic N) is 1. The summed E-state index contributed by atoms with van der Waals surface area (Å²) in [6.45, 7) is 3.48. The number of likely N-dealkylation sites (N-methyl/N-ethyl adjacent to an activating group) is 1. The summed E-state index contributed by atoms with van der Waals surface area (Å²) < 4.78 is 19.5. The molecule has 0 aliphatic carbocycles. The third-order valence-corrected chi connectivity index (χ3v) is 3.83. The van der Waals surface area contributed by atoms with Crippen molar-refractivity contribution in [1.82, 2.24) is 4.90 Å². The van der Waals surface area contributed by atoms with Crippen LogP contribution < -0.4 is 10.5 Å². The molecule has 4 heteroatoms. The van der Waals surface area contributed by atoms with Crippen molar-refractivity contribution < 1.29 is 9.13 Å². The van der Waals surface area contributed by atoms with Crippen molar-refractivity contribution in [3.05, 3.63) is 29.6 Å². The van der Waals surface area contributed by atoms with E-state index in [-0.39, 0.29) is 11.9 Å². The van der Waals surface area contributed by atoms with Gasteiger partial charge in [0.05, 0.1) is 0 Å². The Kier molecular flexibility index (Phi) is 4.77. The van der Waals surface area contributed by atoms with Crippen molar-refractivity contribution >= 4 is 0 Å². The Bertz CT molecular complexity index is 423. The molecule has 1 aliphatic rings. The van der Waals surface area contributed by atoms with Gasteiger partial charge in [-0.2, -0.15) is 0 Å². The molecule has 2 atom stereocenters. The number of ether oxygens (including phenoxy) is 1. The molecule has 1 unspecified atom stereocenters. The first kappa shape index (κ1) is 14.3. The fourth-order valence-corrected chi connectivity index (χ4v) is 2.46. The lowest BCUT2D eigenvalue weighted by atomic mass is 10.0. The highest BCUT2D eigenvalue weighted by Crippen LogP contribution is 2.22. The highest BCUT2D eigenvalue weighted by molar-refractivity contribution is 5.30. The first-order valence-electron chi connectivity index (χ1n) is 6.96. The number of hydrogen-bond acceptors (Lipinski definition) is 3. The summed E-state index contributed by atoms with van der Waals surface area (Å²) >= 11 is 0. The van der Waals surface area contributed by atoms with Gasteiger partial charge in [0, 0.05) is 12.1 Å². The Balaban J connectivity index is 1.95. The van der Waals surface area contributed by atoms with E-state index in [1.165, 1.54) is 18.9 Å². The smallest absolute Gasteiger partial charge is 0.165 e. The molecule has 1 aliphatic heterocycles. The van der Waals surface area contributed by atoms with Crippen LogP contribution in [0.1, 0.15) is 37.8 Å². The topological polar surface area (TPSA) is 38.5 Å². The fourth-order valence-electron chi connectivity index (χ4n) is 2.46. The lowest BCUT2D eigenvalue weighted by Crippen LogP contribution is -2.40. The molecule has 3 nitrogen and oxygen atoms in total. The minimum absolute atomic E-state index is 0.159. The number of nitrogens with two attached hydrogens (primary N) is 1. The zero-order valence-electron chi connectivity index (χ0n) is 11.7. The maximum atomic E-state index is 13.9. The number of likely N-dealkylation sites (tertiary alicyclic amines) is 1. The molecule has 1 heterocycles. The zero-order valence-corrected chi connectivity index (χ0v) is 11.7. The molecule has 0 spiro atoms. The van der Waals surface area contributed by atoms with Crippen LogP contribution in [-0.2, 0) is 0 Å². The molecule has 1 aromatic carbocycles. The molecule has 0 radical (unpaired) electrons. The van der Waals surface area contributed by atoms with E-state index >= 15 is 0 Å². The second-order valence-electron chi connectivity index (χ2n) is 5.42. The van der Waals surface area contributed by atoms with Crippen LogP contribution in [-0.4, -0.2) is 31.1 Å². The average Bonchev–Trinajstić information content (AvgIpc) is 2.39. The molecule has 1 fully saturated rings. The molecule has 19 heavy (non-hydrogen) atoms. The summed E-state index contributed by atoms with van der Waals surface area (Å²) in [5.74, 6) is -0.00311. The summed E-state index contributed by atoms with van der Waals surface area (Å²) in [7, 11) is 2.10. The Labute approximate surface area is 114 Å². The molecule has 0 saturated carbocycles. The van der Waals surface area contributed by atoms with Gasteiger partial charge in [0.15, 0.2) is 11.6 Å². The monoisotopic (exact) mass is 266 g/mol. The number of hydrogen-bond donors (Lipinski definition) is 1. The van der Waals surface area contributed by atoms with Gasteiger partial charge in [-0.15, -0.1) is 0 Å². The Morgan fingerprint density at radius 3 is 2.89 bits per heavy atom. The Morgan fingerprint density at radius 1 is 1.47 bits per heavy atom. The van der Waals surface area contributed by atoms with Crippen LogP contribution >= 0.6 is 0 Å². The van der Waals surface area contributed by atoms with Crippen LogP contribution in [0.5, 0.6) is 5.75 Å². The molecule has 1 aromatic rings. The third-order valence-electron chi connectivity index (χ3n) is 3.83. The minimum Gasteiger partial charge on any atom is -0.489 e. The predicted octanol–water partition coefficient (Wildman–Crippen LogP) is 2.71. The van der Waals surface area contributed by atoms with Crippen molar-refractivity contribution in [2.24, 2.45) is 5.73 Å². The van der Waals surface area contributed by atoms with Gasteiger partial charge in [-0.1, -0.05) is 12.5 Å². The van der Waals surface area contributed by atoms with E-state index in [2.05, 4.69) is 11.9 Å². The summed E-state index contributed by atoms with van der Waals surface area (Å²) in [6, 6.07) is 5.20. The van der Waals surface area contributed by atoms with Gasteiger partial charge in [0.2, 0.25) is 0 Å². The van der Waals surface area contributed by atoms with Crippen LogP contribution in [0.4, 0.5) is 4.39 Å². The van der Waals surface area contributed by atoms with Crippen molar-refractivity contribution in [2.75, 3.05) is 20.2 Å². The Morgan fingerprint density at radius 2 is 2.26 bits per heavy atom. The van der Waals surface area contributed by atoms with Crippen LogP contribution in [0.15, 0.2) is 18.2 Å². The third kappa shape index (κ3) is 3.67. The van der Waals surface area contributed by atoms with E-state index in [9.17, 15) is 4.39 Å². The molecule has 106 valence electrons. The molecular weight excluding hydrogens is 243 g/mol. The second-order valence-corrected chi connectivity index (χ2v) is 5.42. The van der Waals surface area contributed by atoms with Crippen molar-refractivity contribution in [3.8, 4) is 5.75 Å². The van der Waals surface area contributed by atoms with Gasteiger partial charge in [0.25, 0.3) is 0 Å². The van der Waals surface area contributed by atoms with E-state index < -0.39 is 0 Å². The van der Waals surface area contributed by atoms with Crippen LogP contribution in [0, 0.1) is 5.82 Å². The van der Waals surface area contributed by atoms with Gasteiger partial charge in [-0.05, 0) is 51.1 Å². The summed E-state index contributed by atoms with van der Waals surface area (Å²) in [5.41, 5.74) is 6.52.